The molecule has 1 aromatic heterocycles. The maximum absolute atomic E-state index is 13.0. The first kappa shape index (κ1) is 10.8. The molecule has 0 N–H and O–H groups in total. The van der Waals surface area contributed by atoms with Crippen molar-refractivity contribution in [2.45, 2.75) is 20.4 Å². The van der Waals surface area contributed by atoms with Crippen molar-refractivity contribution in [2.24, 2.45) is 0 Å². The monoisotopic (exact) mass is 222 g/mol. The zero-order valence-electron chi connectivity index (χ0n) is 9.17. The molecule has 2 rings (SSSR count). The second-order valence-corrected chi connectivity index (χ2v) is 3.82. The molecule has 2 nitrogen and oxygen atoms in total. The molecule has 0 radical (unpaired) electrons. The smallest absolute Gasteiger partial charge is 0.159 e. The average Bonchev–Trinajstić information content (AvgIpc) is 2.55. The van der Waals surface area contributed by atoms with Crippen LogP contribution in [0.2, 0.25) is 0 Å². The first-order chi connectivity index (χ1) is 7.58. The molecule has 0 spiro atoms. The van der Waals surface area contributed by atoms with Crippen LogP contribution < -0.4 is 0 Å². The minimum atomic E-state index is -0.822. The number of nitrogens with zero attached hydrogens (tertiary/aromatic N) is 2. The number of hydrogen-bond acceptors (Lipinski definition) is 1. The van der Waals surface area contributed by atoms with Gasteiger partial charge in [-0.25, -0.2) is 8.78 Å². The van der Waals surface area contributed by atoms with Gasteiger partial charge in [0.05, 0.1) is 12.7 Å². The number of aromatic nitrogens is 2. The molecule has 0 bridgehead atoms. The Morgan fingerprint density at radius 1 is 1.19 bits per heavy atom. The van der Waals surface area contributed by atoms with Gasteiger partial charge in [0.15, 0.2) is 11.6 Å². The van der Waals surface area contributed by atoms with Gasteiger partial charge in [-0.15, -0.1) is 0 Å². The molecule has 0 aliphatic carbocycles. The highest BCUT2D eigenvalue weighted by Crippen LogP contribution is 2.12. The van der Waals surface area contributed by atoms with Gasteiger partial charge in [0.2, 0.25) is 0 Å². The van der Waals surface area contributed by atoms with Crippen LogP contribution in [0.4, 0.5) is 8.78 Å². The topological polar surface area (TPSA) is 17.8 Å². The lowest BCUT2D eigenvalue weighted by molar-refractivity contribution is 0.505. The van der Waals surface area contributed by atoms with Gasteiger partial charge in [-0.05, 0) is 37.1 Å². The van der Waals surface area contributed by atoms with E-state index in [1.807, 2.05) is 13.8 Å². The molecular formula is C12H12F2N2. The third kappa shape index (κ3) is 1.96. The van der Waals surface area contributed by atoms with E-state index >= 15 is 0 Å². The van der Waals surface area contributed by atoms with E-state index in [0.29, 0.717) is 12.1 Å². The quantitative estimate of drug-likeness (QED) is 0.764. The van der Waals surface area contributed by atoms with Gasteiger partial charge < -0.3 is 0 Å². The van der Waals surface area contributed by atoms with Crippen molar-refractivity contribution in [3.8, 4) is 0 Å². The normalized spacial score (nSPS) is 10.8. The molecule has 1 heterocycles. The maximum atomic E-state index is 13.0. The summed E-state index contributed by atoms with van der Waals surface area (Å²) < 4.78 is 27.5. The lowest BCUT2D eigenvalue weighted by atomic mass is 10.2. The van der Waals surface area contributed by atoms with Crippen molar-refractivity contribution in [3.05, 3.63) is 52.9 Å². The van der Waals surface area contributed by atoms with Crippen LogP contribution in [-0.4, -0.2) is 9.78 Å². The van der Waals surface area contributed by atoms with Crippen LogP contribution in [0.5, 0.6) is 0 Å². The van der Waals surface area contributed by atoms with Gasteiger partial charge in [-0.1, -0.05) is 6.07 Å². The molecule has 4 heteroatoms. The summed E-state index contributed by atoms with van der Waals surface area (Å²) in [6, 6.07) is 3.90. The summed E-state index contributed by atoms with van der Waals surface area (Å²) >= 11 is 0. The van der Waals surface area contributed by atoms with Crippen LogP contribution in [-0.2, 0) is 6.54 Å². The van der Waals surface area contributed by atoms with Crippen molar-refractivity contribution < 1.29 is 8.78 Å². The van der Waals surface area contributed by atoms with E-state index < -0.39 is 11.6 Å². The SMILES string of the molecule is Cc1cnn(Cc2ccc(F)c(F)c2)c1C. The molecule has 0 aliphatic heterocycles. The molecule has 0 saturated carbocycles. The fraction of sp³-hybridized carbons (Fsp3) is 0.250. The minimum Gasteiger partial charge on any atom is -0.265 e. The van der Waals surface area contributed by atoms with Crippen LogP contribution in [0.15, 0.2) is 24.4 Å². The fourth-order valence-electron chi connectivity index (χ4n) is 1.51. The Balaban J connectivity index is 2.27. The molecule has 0 amide bonds. The summed E-state index contributed by atoms with van der Waals surface area (Å²) in [6.07, 6.45) is 1.76. The largest absolute Gasteiger partial charge is 0.265 e. The maximum Gasteiger partial charge on any atom is 0.159 e. The second kappa shape index (κ2) is 4.04. The molecule has 0 fully saturated rings. The lowest BCUT2D eigenvalue weighted by Gasteiger charge is -2.05. The number of halogens is 2. The van der Waals surface area contributed by atoms with Gasteiger partial charge in [0, 0.05) is 5.69 Å². The molecule has 16 heavy (non-hydrogen) atoms. The van der Waals surface area contributed by atoms with Gasteiger partial charge >= 0.3 is 0 Å². The van der Waals surface area contributed by atoms with Gasteiger partial charge in [0.1, 0.15) is 0 Å². The minimum absolute atomic E-state index is 0.455. The van der Waals surface area contributed by atoms with Crippen molar-refractivity contribution in [1.82, 2.24) is 9.78 Å². The highest BCUT2D eigenvalue weighted by molar-refractivity contribution is 5.20. The lowest BCUT2D eigenvalue weighted by Crippen LogP contribution is -2.04. The number of hydrogen-bond donors (Lipinski definition) is 0. The van der Waals surface area contributed by atoms with Gasteiger partial charge in [0.25, 0.3) is 0 Å². The first-order valence-corrected chi connectivity index (χ1v) is 5.01. The number of aryl methyl sites for hydroxylation is 1. The Hall–Kier alpha value is -1.71. The summed E-state index contributed by atoms with van der Waals surface area (Å²) in [7, 11) is 0. The van der Waals surface area contributed by atoms with E-state index in [1.165, 1.54) is 6.07 Å². The average molecular weight is 222 g/mol. The fourth-order valence-corrected chi connectivity index (χ4v) is 1.51. The van der Waals surface area contributed by atoms with Crippen molar-refractivity contribution in [2.75, 3.05) is 0 Å². The van der Waals surface area contributed by atoms with Crippen LogP contribution >= 0.6 is 0 Å². The van der Waals surface area contributed by atoms with Crippen molar-refractivity contribution in [3.63, 3.8) is 0 Å². The van der Waals surface area contributed by atoms with Crippen LogP contribution in [0.25, 0.3) is 0 Å². The second-order valence-electron chi connectivity index (χ2n) is 3.82. The summed E-state index contributed by atoms with van der Waals surface area (Å²) in [5.74, 6) is -1.64. The molecule has 0 atom stereocenters. The highest BCUT2D eigenvalue weighted by atomic mass is 19.2. The zero-order chi connectivity index (χ0) is 11.7. The predicted molar refractivity (Wildman–Crippen MR) is 57.2 cm³/mol. The molecular weight excluding hydrogens is 210 g/mol. The van der Waals surface area contributed by atoms with Crippen LogP contribution in [0, 0.1) is 25.5 Å². The van der Waals surface area contributed by atoms with Gasteiger partial charge in [-0.3, -0.25) is 4.68 Å². The summed E-state index contributed by atoms with van der Waals surface area (Å²) in [5.41, 5.74) is 2.82. The Bertz CT molecular complexity index is 518. The molecule has 1 aromatic carbocycles. The molecule has 0 aliphatic rings. The number of benzene rings is 1. The molecule has 0 unspecified atom stereocenters. The van der Waals surface area contributed by atoms with Crippen molar-refractivity contribution >= 4 is 0 Å². The third-order valence-electron chi connectivity index (χ3n) is 2.66. The van der Waals surface area contributed by atoms with Crippen molar-refractivity contribution in [1.29, 1.82) is 0 Å². The summed E-state index contributed by atoms with van der Waals surface area (Å²) in [5, 5.41) is 4.16. The summed E-state index contributed by atoms with van der Waals surface area (Å²) in [4.78, 5) is 0. The highest BCUT2D eigenvalue weighted by Gasteiger charge is 2.06. The van der Waals surface area contributed by atoms with E-state index in [1.54, 1.807) is 16.9 Å². The standard InChI is InChI=1S/C12H12F2N2/c1-8-6-15-16(9(8)2)7-10-3-4-11(13)12(14)5-10/h3-6H,7H2,1-2H3. The first-order valence-electron chi connectivity index (χ1n) is 5.01. The van der Waals surface area contributed by atoms with Crippen LogP contribution in [0.1, 0.15) is 16.8 Å². The molecule has 2 aromatic rings. The Morgan fingerprint density at radius 3 is 2.50 bits per heavy atom. The van der Waals surface area contributed by atoms with E-state index in [0.717, 1.165) is 17.3 Å². The third-order valence-corrected chi connectivity index (χ3v) is 2.66. The van der Waals surface area contributed by atoms with E-state index in [9.17, 15) is 8.78 Å². The Morgan fingerprint density at radius 2 is 1.94 bits per heavy atom. The van der Waals surface area contributed by atoms with E-state index in [-0.39, 0.29) is 0 Å². The van der Waals surface area contributed by atoms with E-state index in [2.05, 4.69) is 5.10 Å². The van der Waals surface area contributed by atoms with Crippen LogP contribution in [0.3, 0.4) is 0 Å². The Labute approximate surface area is 92.5 Å². The predicted octanol–water partition coefficient (Wildman–Crippen LogP) is 2.83. The Kier molecular flexibility index (Phi) is 2.73. The zero-order valence-corrected chi connectivity index (χ0v) is 9.17. The summed E-state index contributed by atoms with van der Waals surface area (Å²) in [6.45, 7) is 4.36. The number of rotatable bonds is 2. The molecule has 0 saturated heterocycles. The molecule has 84 valence electrons. The van der Waals surface area contributed by atoms with Gasteiger partial charge in [-0.2, -0.15) is 5.10 Å². The van der Waals surface area contributed by atoms with E-state index in [4.69, 9.17) is 0 Å².